The molecule has 1 atom stereocenters. The lowest BCUT2D eigenvalue weighted by molar-refractivity contribution is 0.334. The molecule has 0 amide bonds. The molecule has 4 rings (SSSR count). The molecule has 1 aromatic heterocycles. The summed E-state index contributed by atoms with van der Waals surface area (Å²) in [4.78, 5) is 0. The van der Waals surface area contributed by atoms with Crippen molar-refractivity contribution < 1.29 is 14.2 Å². The Morgan fingerprint density at radius 1 is 1.13 bits per heavy atom. The third-order valence-electron chi connectivity index (χ3n) is 4.90. The van der Waals surface area contributed by atoms with Crippen LogP contribution in [0.5, 0.6) is 17.4 Å². The Morgan fingerprint density at radius 2 is 1.93 bits per heavy atom. The molecule has 0 spiro atoms. The van der Waals surface area contributed by atoms with E-state index < -0.39 is 5.92 Å². The van der Waals surface area contributed by atoms with Crippen LogP contribution in [0.3, 0.4) is 0 Å². The maximum atomic E-state index is 9.89. The average molecular weight is 402 g/mol. The summed E-state index contributed by atoms with van der Waals surface area (Å²) >= 11 is 0. The van der Waals surface area contributed by atoms with Gasteiger partial charge in [0.2, 0.25) is 11.8 Å². The van der Waals surface area contributed by atoms with Crippen LogP contribution < -0.4 is 19.9 Å². The average Bonchev–Trinajstić information content (AvgIpc) is 3.17. The fraction of sp³-hybridized carbons (Fsp3) is 0.217. The predicted molar refractivity (Wildman–Crippen MR) is 112 cm³/mol. The molecule has 0 saturated carbocycles. The molecule has 1 aliphatic heterocycles. The van der Waals surface area contributed by atoms with Crippen LogP contribution in [0, 0.1) is 11.3 Å². The number of H-pyrrole nitrogens is 1. The highest BCUT2D eigenvalue weighted by Crippen LogP contribution is 2.48. The maximum Gasteiger partial charge on any atom is 0.244 e. The van der Waals surface area contributed by atoms with Crippen molar-refractivity contribution in [1.29, 1.82) is 5.26 Å². The molecule has 1 aliphatic rings. The summed E-state index contributed by atoms with van der Waals surface area (Å²) in [6.07, 6.45) is 0. The highest BCUT2D eigenvalue weighted by Gasteiger charge is 2.37. The van der Waals surface area contributed by atoms with Gasteiger partial charge in [-0.2, -0.15) is 5.26 Å². The van der Waals surface area contributed by atoms with Gasteiger partial charge in [0, 0.05) is 11.1 Å². The lowest BCUT2D eigenvalue weighted by Gasteiger charge is -2.25. The van der Waals surface area contributed by atoms with Crippen LogP contribution in [0.4, 0.5) is 0 Å². The van der Waals surface area contributed by atoms with Crippen molar-refractivity contribution in [2.75, 3.05) is 13.2 Å². The lowest BCUT2D eigenvalue weighted by Crippen LogP contribution is -2.21. The van der Waals surface area contributed by atoms with Gasteiger partial charge in [-0.3, -0.25) is 5.10 Å². The van der Waals surface area contributed by atoms with E-state index in [1.165, 1.54) is 0 Å². The number of fused-ring (bicyclic) bond motifs is 1. The molecular formula is C23H22N4O3. The van der Waals surface area contributed by atoms with E-state index in [4.69, 9.17) is 19.9 Å². The van der Waals surface area contributed by atoms with E-state index in [1.807, 2.05) is 62.4 Å². The Kier molecular flexibility index (Phi) is 5.31. The summed E-state index contributed by atoms with van der Waals surface area (Å²) in [5.41, 5.74) is 9.58. The highest BCUT2D eigenvalue weighted by atomic mass is 16.5. The Labute approximate surface area is 174 Å². The van der Waals surface area contributed by atoms with Gasteiger partial charge in [0.15, 0.2) is 0 Å². The number of aromatic nitrogens is 2. The minimum atomic E-state index is -0.481. The van der Waals surface area contributed by atoms with Crippen LogP contribution in [-0.4, -0.2) is 23.4 Å². The molecule has 2 aromatic carbocycles. The van der Waals surface area contributed by atoms with Gasteiger partial charge in [0.1, 0.15) is 23.1 Å². The van der Waals surface area contributed by atoms with E-state index in [1.54, 1.807) is 0 Å². The Bertz CT molecular complexity index is 1140. The van der Waals surface area contributed by atoms with Crippen LogP contribution >= 0.6 is 0 Å². The van der Waals surface area contributed by atoms with Crippen LogP contribution in [0.15, 0.2) is 60.0 Å². The van der Waals surface area contributed by atoms with Crippen molar-refractivity contribution in [3.8, 4) is 34.7 Å². The fourth-order valence-electron chi connectivity index (χ4n) is 3.69. The van der Waals surface area contributed by atoms with Crippen molar-refractivity contribution in [3.05, 3.63) is 71.1 Å². The molecule has 2 heterocycles. The number of nitriles is 1. The maximum absolute atomic E-state index is 9.89. The summed E-state index contributed by atoms with van der Waals surface area (Å²) in [6, 6.07) is 17.5. The van der Waals surface area contributed by atoms with Crippen molar-refractivity contribution in [2.24, 2.45) is 5.73 Å². The summed E-state index contributed by atoms with van der Waals surface area (Å²) < 4.78 is 17.2. The Morgan fingerprint density at radius 3 is 2.70 bits per heavy atom. The number of ether oxygens (including phenoxy) is 3. The van der Waals surface area contributed by atoms with E-state index in [-0.39, 0.29) is 5.88 Å². The van der Waals surface area contributed by atoms with Crippen LogP contribution in [-0.2, 0) is 0 Å². The zero-order chi connectivity index (χ0) is 21.1. The van der Waals surface area contributed by atoms with Crippen molar-refractivity contribution >= 4 is 0 Å². The number of hydrogen-bond acceptors (Lipinski definition) is 6. The predicted octanol–water partition coefficient (Wildman–Crippen LogP) is 4.09. The van der Waals surface area contributed by atoms with Gasteiger partial charge >= 0.3 is 0 Å². The van der Waals surface area contributed by atoms with E-state index >= 15 is 0 Å². The summed E-state index contributed by atoms with van der Waals surface area (Å²) in [5.74, 6) is 1.35. The van der Waals surface area contributed by atoms with Gasteiger partial charge < -0.3 is 19.9 Å². The molecule has 0 aliphatic carbocycles. The van der Waals surface area contributed by atoms with E-state index in [0.717, 1.165) is 28.1 Å². The smallest absolute Gasteiger partial charge is 0.244 e. The molecule has 7 heteroatoms. The largest absolute Gasteiger partial charge is 0.494 e. The van der Waals surface area contributed by atoms with E-state index in [0.29, 0.717) is 30.4 Å². The second-order valence-electron chi connectivity index (χ2n) is 6.67. The minimum absolute atomic E-state index is 0.0439. The SMILES string of the molecule is CCOc1cccc(-c2[nH]nc3c2C(c2ccccc2OCC)C(C#N)=C(N)O3)c1. The third-order valence-corrected chi connectivity index (χ3v) is 4.90. The number of para-hydroxylation sites is 1. The van der Waals surface area contributed by atoms with Crippen LogP contribution in [0.1, 0.15) is 30.9 Å². The van der Waals surface area contributed by atoms with Crippen molar-refractivity contribution in [1.82, 2.24) is 10.2 Å². The molecule has 152 valence electrons. The molecule has 1 unspecified atom stereocenters. The quantitative estimate of drug-likeness (QED) is 0.643. The first-order valence-corrected chi connectivity index (χ1v) is 9.78. The van der Waals surface area contributed by atoms with Gasteiger partial charge in [-0.15, -0.1) is 5.10 Å². The number of benzene rings is 2. The van der Waals surface area contributed by atoms with Crippen LogP contribution in [0.2, 0.25) is 0 Å². The number of allylic oxidation sites excluding steroid dienone is 1. The standard InChI is InChI=1S/C23H22N4O3/c1-3-28-15-9-7-8-14(12-15)21-20-19(16-10-5-6-11-18(16)29-4-2)17(13-24)22(25)30-23(20)27-26-21/h5-12,19H,3-4,25H2,1-2H3,(H,26,27). The van der Waals surface area contributed by atoms with Crippen molar-refractivity contribution in [2.45, 2.75) is 19.8 Å². The van der Waals surface area contributed by atoms with Crippen molar-refractivity contribution in [3.63, 3.8) is 0 Å². The monoisotopic (exact) mass is 402 g/mol. The summed E-state index contributed by atoms with van der Waals surface area (Å²) in [6.45, 7) is 4.93. The second-order valence-corrected chi connectivity index (χ2v) is 6.67. The molecule has 3 aromatic rings. The van der Waals surface area contributed by atoms with E-state index in [2.05, 4.69) is 16.3 Å². The Balaban J connectivity index is 1.92. The molecule has 0 fully saturated rings. The molecule has 3 N–H and O–H groups in total. The minimum Gasteiger partial charge on any atom is -0.494 e. The third kappa shape index (κ3) is 3.33. The number of rotatable bonds is 6. The number of nitrogens with zero attached hydrogens (tertiary/aromatic N) is 2. The number of nitrogens with one attached hydrogen (secondary N) is 1. The molecule has 0 saturated heterocycles. The van der Waals surface area contributed by atoms with Crippen LogP contribution in [0.25, 0.3) is 11.3 Å². The first-order chi connectivity index (χ1) is 14.7. The number of aromatic amines is 1. The first kappa shape index (κ1) is 19.4. The number of nitrogens with two attached hydrogens (primary N) is 1. The zero-order valence-electron chi connectivity index (χ0n) is 16.8. The zero-order valence-corrected chi connectivity index (χ0v) is 16.8. The van der Waals surface area contributed by atoms with Gasteiger partial charge in [-0.1, -0.05) is 30.3 Å². The molecular weight excluding hydrogens is 380 g/mol. The molecule has 0 bridgehead atoms. The van der Waals surface area contributed by atoms with Gasteiger partial charge in [0.05, 0.1) is 30.4 Å². The fourth-order valence-corrected chi connectivity index (χ4v) is 3.69. The summed E-state index contributed by atoms with van der Waals surface area (Å²) in [5, 5.41) is 17.3. The summed E-state index contributed by atoms with van der Waals surface area (Å²) in [7, 11) is 0. The molecule has 7 nitrogen and oxygen atoms in total. The van der Waals surface area contributed by atoms with Gasteiger partial charge in [-0.25, -0.2) is 0 Å². The second kappa shape index (κ2) is 8.21. The number of hydrogen-bond donors (Lipinski definition) is 2. The normalized spacial score (nSPS) is 15.2. The van der Waals surface area contributed by atoms with E-state index in [9.17, 15) is 5.26 Å². The lowest BCUT2D eigenvalue weighted by atomic mass is 9.82. The first-order valence-electron chi connectivity index (χ1n) is 9.78. The van der Waals surface area contributed by atoms with Gasteiger partial charge in [-0.05, 0) is 32.0 Å². The Hall–Kier alpha value is -3.92. The molecule has 30 heavy (non-hydrogen) atoms. The highest BCUT2D eigenvalue weighted by molar-refractivity contribution is 5.72. The topological polar surface area (TPSA) is 106 Å². The molecule has 0 radical (unpaired) electrons. The van der Waals surface area contributed by atoms with Gasteiger partial charge in [0.25, 0.3) is 0 Å².